The summed E-state index contributed by atoms with van der Waals surface area (Å²) >= 11 is 0. The van der Waals surface area contributed by atoms with E-state index in [1.165, 1.54) is 0 Å². The number of carbonyl (C=O) groups excluding carboxylic acids is 1. The molecule has 0 saturated heterocycles. The molecule has 1 aromatic heterocycles. The molecule has 1 aliphatic rings. The molecule has 0 bridgehead atoms. The van der Waals surface area contributed by atoms with Crippen LogP contribution in [0, 0.1) is 6.92 Å². The molecule has 0 atom stereocenters. The number of hydrogen-bond donors (Lipinski definition) is 0. The van der Waals surface area contributed by atoms with Gasteiger partial charge in [0.15, 0.2) is 0 Å². The van der Waals surface area contributed by atoms with Gasteiger partial charge in [-0.05, 0) is 42.8 Å². The molecule has 5 nitrogen and oxygen atoms in total. The van der Waals surface area contributed by atoms with E-state index in [0.29, 0.717) is 22.3 Å². The lowest BCUT2D eigenvalue weighted by molar-refractivity contribution is -0.112. The van der Waals surface area contributed by atoms with E-state index >= 15 is 0 Å². The molecule has 0 radical (unpaired) electrons. The van der Waals surface area contributed by atoms with E-state index in [9.17, 15) is 9.59 Å². The molecule has 1 amide bonds. The largest absolute Gasteiger partial charge is 0.311 e. The Morgan fingerprint density at radius 2 is 1.50 bits per heavy atom. The first-order chi connectivity index (χ1) is 14.6. The molecule has 0 N–H and O–H groups in total. The van der Waals surface area contributed by atoms with Crippen molar-refractivity contribution in [2.24, 2.45) is 0 Å². The highest BCUT2D eigenvalue weighted by molar-refractivity contribution is 6.35. The third-order valence-electron chi connectivity index (χ3n) is 5.52. The summed E-state index contributed by atoms with van der Waals surface area (Å²) in [7, 11) is 1.75. The topological polar surface area (TPSA) is 55.2 Å². The van der Waals surface area contributed by atoms with Gasteiger partial charge >= 0.3 is 0 Å². The third-order valence-corrected chi connectivity index (χ3v) is 5.52. The van der Waals surface area contributed by atoms with Crippen LogP contribution in [0.5, 0.6) is 0 Å². The minimum atomic E-state index is -0.158. The van der Waals surface area contributed by atoms with E-state index in [1.807, 2.05) is 73.7 Å². The number of rotatable bonds is 2. The molecule has 0 aliphatic carbocycles. The average molecular weight is 393 g/mol. The number of para-hydroxylation sites is 3. The van der Waals surface area contributed by atoms with E-state index in [-0.39, 0.29) is 11.5 Å². The Balaban J connectivity index is 1.85. The molecule has 0 unspecified atom stereocenters. The van der Waals surface area contributed by atoms with Crippen molar-refractivity contribution in [2.45, 2.75) is 6.92 Å². The van der Waals surface area contributed by atoms with Crippen molar-refractivity contribution < 1.29 is 4.79 Å². The van der Waals surface area contributed by atoms with Gasteiger partial charge < -0.3 is 4.90 Å². The Kier molecular flexibility index (Phi) is 4.10. The maximum atomic E-state index is 13.5. The molecule has 1 aliphatic heterocycles. The van der Waals surface area contributed by atoms with E-state index in [0.717, 1.165) is 22.5 Å². The van der Waals surface area contributed by atoms with Crippen LogP contribution >= 0.6 is 0 Å². The van der Waals surface area contributed by atoms with Crippen LogP contribution in [0.2, 0.25) is 0 Å². The summed E-state index contributed by atoms with van der Waals surface area (Å²) in [5.74, 6) is 0.316. The smallest absolute Gasteiger partial charge is 0.266 e. The van der Waals surface area contributed by atoms with Crippen LogP contribution in [0.3, 0.4) is 0 Å². The monoisotopic (exact) mass is 393 g/mol. The van der Waals surface area contributed by atoms with E-state index < -0.39 is 0 Å². The molecule has 0 spiro atoms. The number of nitrogens with zero attached hydrogens (tertiary/aromatic N) is 3. The number of aromatic nitrogens is 2. The SMILES string of the molecule is Cc1ccccc1-n1c(/C=C2/C(=O)N(C)c3ccccc32)nc2ccccc2c1=O. The van der Waals surface area contributed by atoms with Gasteiger partial charge in [0.2, 0.25) is 0 Å². The van der Waals surface area contributed by atoms with Gasteiger partial charge in [-0.25, -0.2) is 4.98 Å². The first kappa shape index (κ1) is 18.1. The number of hydrogen-bond acceptors (Lipinski definition) is 3. The molecule has 5 rings (SSSR count). The van der Waals surface area contributed by atoms with Gasteiger partial charge in [0.05, 0.1) is 27.9 Å². The summed E-state index contributed by atoms with van der Waals surface area (Å²) in [4.78, 5) is 32.8. The van der Waals surface area contributed by atoms with Crippen molar-refractivity contribution in [1.29, 1.82) is 0 Å². The Morgan fingerprint density at radius 3 is 2.30 bits per heavy atom. The first-order valence-corrected chi connectivity index (χ1v) is 9.73. The van der Waals surface area contributed by atoms with Gasteiger partial charge in [-0.2, -0.15) is 0 Å². The van der Waals surface area contributed by atoms with Crippen LogP contribution in [-0.4, -0.2) is 22.5 Å². The van der Waals surface area contributed by atoms with E-state index in [2.05, 4.69) is 0 Å². The molecule has 2 heterocycles. The number of fused-ring (bicyclic) bond motifs is 2. The fourth-order valence-corrected chi connectivity index (χ4v) is 3.96. The van der Waals surface area contributed by atoms with Crippen LogP contribution in [-0.2, 0) is 4.79 Å². The van der Waals surface area contributed by atoms with Crippen molar-refractivity contribution in [2.75, 3.05) is 11.9 Å². The van der Waals surface area contributed by atoms with Crippen molar-refractivity contribution in [3.05, 3.63) is 100 Å². The zero-order chi connectivity index (χ0) is 20.8. The highest BCUT2D eigenvalue weighted by Crippen LogP contribution is 2.36. The Hall–Kier alpha value is -3.99. The molecular weight excluding hydrogens is 374 g/mol. The fraction of sp³-hybridized carbons (Fsp3) is 0.0800. The maximum absolute atomic E-state index is 13.5. The Labute approximate surface area is 173 Å². The lowest BCUT2D eigenvalue weighted by Crippen LogP contribution is -2.24. The summed E-state index contributed by atoms with van der Waals surface area (Å²) in [5, 5.41) is 0.540. The minimum absolute atomic E-state index is 0.116. The lowest BCUT2D eigenvalue weighted by atomic mass is 10.1. The number of carbonyl (C=O) groups is 1. The van der Waals surface area contributed by atoms with Gasteiger partial charge in [0, 0.05) is 12.6 Å². The van der Waals surface area contributed by atoms with Crippen LogP contribution < -0.4 is 10.5 Å². The second kappa shape index (κ2) is 6.81. The molecule has 4 aromatic rings. The zero-order valence-electron chi connectivity index (χ0n) is 16.7. The second-order valence-corrected chi connectivity index (χ2v) is 7.35. The summed E-state index contributed by atoms with van der Waals surface area (Å²) in [6, 6.07) is 22.6. The second-order valence-electron chi connectivity index (χ2n) is 7.35. The van der Waals surface area contributed by atoms with Gasteiger partial charge in [0.1, 0.15) is 5.82 Å². The predicted octanol–water partition coefficient (Wildman–Crippen LogP) is 4.21. The highest BCUT2D eigenvalue weighted by Gasteiger charge is 2.29. The number of anilines is 1. The van der Waals surface area contributed by atoms with Crippen LogP contribution in [0.15, 0.2) is 77.6 Å². The standard InChI is InChI=1S/C25H19N3O2/c1-16-9-3-7-13-21(16)28-23(26-20-12-6-4-11-18(20)25(28)30)15-19-17-10-5-8-14-22(17)27(2)24(19)29/h3-15H,1-2H3/b19-15+. The Bertz CT molecular complexity index is 1420. The van der Waals surface area contributed by atoms with Gasteiger partial charge in [-0.1, -0.05) is 48.5 Å². The molecular formula is C25H19N3O2. The summed E-state index contributed by atoms with van der Waals surface area (Å²) in [6.45, 7) is 1.96. The van der Waals surface area contributed by atoms with Crippen LogP contribution in [0.25, 0.3) is 28.2 Å². The van der Waals surface area contributed by atoms with Crippen molar-refractivity contribution in [3.8, 4) is 5.69 Å². The molecule has 3 aromatic carbocycles. The Morgan fingerprint density at radius 1 is 0.833 bits per heavy atom. The van der Waals surface area contributed by atoms with Crippen molar-refractivity contribution >= 4 is 34.1 Å². The summed E-state index contributed by atoms with van der Waals surface area (Å²) in [6.07, 6.45) is 1.73. The fourth-order valence-electron chi connectivity index (χ4n) is 3.96. The number of benzene rings is 3. The minimum Gasteiger partial charge on any atom is -0.311 e. The number of likely N-dealkylation sites (N-methyl/N-ethyl adjacent to an activating group) is 1. The van der Waals surface area contributed by atoms with Crippen molar-refractivity contribution in [1.82, 2.24) is 9.55 Å². The van der Waals surface area contributed by atoms with Gasteiger partial charge in [0.25, 0.3) is 11.5 Å². The maximum Gasteiger partial charge on any atom is 0.266 e. The van der Waals surface area contributed by atoms with Crippen molar-refractivity contribution in [3.63, 3.8) is 0 Å². The molecule has 0 saturated carbocycles. The highest BCUT2D eigenvalue weighted by atomic mass is 16.2. The lowest BCUT2D eigenvalue weighted by Gasteiger charge is -2.14. The van der Waals surface area contributed by atoms with Gasteiger partial charge in [-0.15, -0.1) is 0 Å². The average Bonchev–Trinajstić information content (AvgIpc) is 3.00. The zero-order valence-corrected chi connectivity index (χ0v) is 16.7. The van der Waals surface area contributed by atoms with Gasteiger partial charge in [-0.3, -0.25) is 14.2 Å². The predicted molar refractivity (Wildman–Crippen MR) is 120 cm³/mol. The molecule has 5 heteroatoms. The van der Waals surface area contributed by atoms with Crippen LogP contribution in [0.1, 0.15) is 17.0 Å². The normalized spacial score (nSPS) is 14.5. The number of amides is 1. The summed E-state index contributed by atoms with van der Waals surface area (Å²) in [5.41, 5.74) is 4.35. The van der Waals surface area contributed by atoms with E-state index in [4.69, 9.17) is 4.98 Å². The third kappa shape index (κ3) is 2.67. The molecule has 146 valence electrons. The quantitative estimate of drug-likeness (QED) is 0.480. The molecule has 0 fully saturated rings. The number of aryl methyl sites for hydroxylation is 1. The van der Waals surface area contributed by atoms with Crippen LogP contribution in [0.4, 0.5) is 5.69 Å². The summed E-state index contributed by atoms with van der Waals surface area (Å²) < 4.78 is 1.60. The first-order valence-electron chi connectivity index (χ1n) is 9.73. The van der Waals surface area contributed by atoms with E-state index in [1.54, 1.807) is 28.7 Å². The molecule has 30 heavy (non-hydrogen) atoms.